The van der Waals surface area contributed by atoms with E-state index in [1.807, 2.05) is 31.2 Å². The van der Waals surface area contributed by atoms with E-state index in [0.717, 1.165) is 23.4 Å². The summed E-state index contributed by atoms with van der Waals surface area (Å²) in [5.74, 6) is -2.15. The summed E-state index contributed by atoms with van der Waals surface area (Å²) in [6, 6.07) is 10.7. The van der Waals surface area contributed by atoms with Crippen molar-refractivity contribution in [1.29, 1.82) is 0 Å². The molecule has 7 heteroatoms. The smallest absolute Gasteiger partial charge is 0.253 e. The highest BCUT2D eigenvalue weighted by molar-refractivity contribution is 7.80. The lowest BCUT2D eigenvalue weighted by Crippen LogP contribution is -2.49. The monoisotopic (exact) mass is 401 g/mol. The fourth-order valence-electron chi connectivity index (χ4n) is 3.28. The van der Waals surface area contributed by atoms with Gasteiger partial charge in [0.05, 0.1) is 11.6 Å². The molecular weight excluding hydrogens is 380 g/mol. The molecule has 0 spiro atoms. The SMILES string of the molecule is CC1=C(C(=O)N(C)C)[C@H](c2ccc(F)c(F)c2)NC(=S)N1c1cccc(C)c1. The summed E-state index contributed by atoms with van der Waals surface area (Å²) in [5, 5.41) is 3.51. The van der Waals surface area contributed by atoms with E-state index in [9.17, 15) is 13.6 Å². The molecule has 1 atom stereocenters. The van der Waals surface area contributed by atoms with Crippen LogP contribution in [-0.2, 0) is 4.79 Å². The summed E-state index contributed by atoms with van der Waals surface area (Å²) in [4.78, 5) is 16.2. The van der Waals surface area contributed by atoms with Gasteiger partial charge in [0, 0.05) is 25.5 Å². The van der Waals surface area contributed by atoms with Crippen molar-refractivity contribution in [3.05, 3.63) is 76.5 Å². The molecule has 146 valence electrons. The second-order valence-electron chi connectivity index (χ2n) is 6.93. The Kier molecular flexibility index (Phi) is 5.47. The zero-order chi connectivity index (χ0) is 20.6. The molecule has 0 aromatic heterocycles. The Balaban J connectivity index is 2.18. The van der Waals surface area contributed by atoms with Gasteiger partial charge >= 0.3 is 0 Å². The Morgan fingerprint density at radius 3 is 2.43 bits per heavy atom. The zero-order valence-corrected chi connectivity index (χ0v) is 16.9. The maximum atomic E-state index is 13.8. The van der Waals surface area contributed by atoms with E-state index >= 15 is 0 Å². The Morgan fingerprint density at radius 2 is 1.82 bits per heavy atom. The molecule has 1 aliphatic heterocycles. The maximum absolute atomic E-state index is 13.8. The van der Waals surface area contributed by atoms with E-state index in [1.165, 1.54) is 11.0 Å². The van der Waals surface area contributed by atoms with Gasteiger partial charge in [-0.2, -0.15) is 0 Å². The summed E-state index contributed by atoms with van der Waals surface area (Å²) in [6.07, 6.45) is 0. The Morgan fingerprint density at radius 1 is 1.11 bits per heavy atom. The summed E-state index contributed by atoms with van der Waals surface area (Å²) < 4.78 is 27.3. The second kappa shape index (κ2) is 7.67. The van der Waals surface area contributed by atoms with E-state index < -0.39 is 17.7 Å². The van der Waals surface area contributed by atoms with Crippen LogP contribution in [0.25, 0.3) is 0 Å². The van der Waals surface area contributed by atoms with Crippen molar-refractivity contribution in [2.24, 2.45) is 0 Å². The number of thiocarbonyl (C=S) groups is 1. The number of amides is 1. The number of carbonyl (C=O) groups excluding carboxylic acids is 1. The van der Waals surface area contributed by atoms with Crippen LogP contribution in [0.3, 0.4) is 0 Å². The molecule has 4 nitrogen and oxygen atoms in total. The molecule has 1 amide bonds. The van der Waals surface area contributed by atoms with Crippen LogP contribution in [0.1, 0.15) is 24.1 Å². The average Bonchev–Trinajstić information content (AvgIpc) is 2.63. The molecule has 0 saturated heterocycles. The third-order valence-corrected chi connectivity index (χ3v) is 4.96. The van der Waals surface area contributed by atoms with Gasteiger partial charge in [-0.25, -0.2) is 8.78 Å². The molecule has 0 saturated carbocycles. The van der Waals surface area contributed by atoms with E-state index in [1.54, 1.807) is 25.9 Å². The molecule has 2 aromatic rings. The number of halogens is 2. The number of anilines is 1. The molecule has 0 fully saturated rings. The van der Waals surface area contributed by atoms with Crippen LogP contribution < -0.4 is 10.2 Å². The number of benzene rings is 2. The molecule has 1 N–H and O–H groups in total. The normalized spacial score (nSPS) is 16.9. The first-order valence-corrected chi connectivity index (χ1v) is 9.16. The summed E-state index contributed by atoms with van der Waals surface area (Å²) in [5.41, 5.74) is 3.36. The van der Waals surface area contributed by atoms with Crippen molar-refractivity contribution in [2.75, 3.05) is 19.0 Å². The number of hydrogen-bond acceptors (Lipinski definition) is 2. The number of rotatable bonds is 3. The standard InChI is InChI=1S/C21H21F2N3OS/c1-12-6-5-7-15(10-12)26-13(2)18(20(27)25(3)4)19(24-21(26)28)14-8-9-16(22)17(23)11-14/h5-11,19H,1-4H3,(H,24,28)/t19-/m0/s1. The first-order valence-electron chi connectivity index (χ1n) is 8.75. The topological polar surface area (TPSA) is 35.6 Å². The molecule has 3 rings (SSSR count). The lowest BCUT2D eigenvalue weighted by atomic mass is 9.93. The number of nitrogens with one attached hydrogen (secondary N) is 1. The first-order chi connectivity index (χ1) is 13.2. The molecule has 0 bridgehead atoms. The largest absolute Gasteiger partial charge is 0.351 e. The van der Waals surface area contributed by atoms with Crippen LogP contribution >= 0.6 is 12.2 Å². The van der Waals surface area contributed by atoms with Crippen molar-refractivity contribution < 1.29 is 13.6 Å². The van der Waals surface area contributed by atoms with E-state index in [4.69, 9.17) is 12.2 Å². The third-order valence-electron chi connectivity index (χ3n) is 4.66. The second-order valence-corrected chi connectivity index (χ2v) is 7.32. The summed E-state index contributed by atoms with van der Waals surface area (Å²) in [6.45, 7) is 3.78. The lowest BCUT2D eigenvalue weighted by molar-refractivity contribution is -0.125. The molecule has 0 aliphatic carbocycles. The Labute approximate surface area is 168 Å². The van der Waals surface area contributed by atoms with E-state index in [-0.39, 0.29) is 5.91 Å². The fourth-order valence-corrected chi connectivity index (χ4v) is 3.64. The number of aryl methyl sites for hydroxylation is 1. The molecule has 28 heavy (non-hydrogen) atoms. The number of likely N-dealkylation sites (N-methyl/N-ethyl adjacent to an activating group) is 1. The quantitative estimate of drug-likeness (QED) is 0.787. The first kappa shape index (κ1) is 19.9. The van der Waals surface area contributed by atoms with Crippen LogP contribution in [0.2, 0.25) is 0 Å². The van der Waals surface area contributed by atoms with Gasteiger partial charge in [-0.15, -0.1) is 0 Å². The van der Waals surface area contributed by atoms with Crippen LogP contribution in [0.15, 0.2) is 53.7 Å². The van der Waals surface area contributed by atoms with Gasteiger partial charge in [0.15, 0.2) is 16.7 Å². The van der Waals surface area contributed by atoms with Crippen LogP contribution in [0.4, 0.5) is 14.5 Å². The molecule has 1 heterocycles. The highest BCUT2D eigenvalue weighted by atomic mass is 32.1. The number of nitrogens with zero attached hydrogens (tertiary/aromatic N) is 2. The van der Waals surface area contributed by atoms with Crippen molar-refractivity contribution in [2.45, 2.75) is 19.9 Å². The molecule has 1 aliphatic rings. The highest BCUT2D eigenvalue weighted by Crippen LogP contribution is 2.35. The van der Waals surface area contributed by atoms with Gasteiger partial charge in [-0.3, -0.25) is 9.69 Å². The van der Waals surface area contributed by atoms with Gasteiger partial charge in [-0.05, 0) is 61.5 Å². The zero-order valence-electron chi connectivity index (χ0n) is 16.1. The van der Waals surface area contributed by atoms with Crippen molar-refractivity contribution in [3.63, 3.8) is 0 Å². The number of hydrogen-bond donors (Lipinski definition) is 1. The van der Waals surface area contributed by atoms with Gasteiger partial charge in [0.25, 0.3) is 5.91 Å². The highest BCUT2D eigenvalue weighted by Gasteiger charge is 2.35. The van der Waals surface area contributed by atoms with Gasteiger partial charge < -0.3 is 10.2 Å². The Hall–Kier alpha value is -2.80. The van der Waals surface area contributed by atoms with Crippen molar-refractivity contribution in [1.82, 2.24) is 10.2 Å². The van der Waals surface area contributed by atoms with Crippen LogP contribution in [0, 0.1) is 18.6 Å². The maximum Gasteiger partial charge on any atom is 0.253 e. The molecular formula is C21H21F2N3OS. The summed E-state index contributed by atoms with van der Waals surface area (Å²) in [7, 11) is 3.30. The fraction of sp³-hybridized carbons (Fsp3) is 0.238. The van der Waals surface area contributed by atoms with Crippen LogP contribution in [0.5, 0.6) is 0 Å². The summed E-state index contributed by atoms with van der Waals surface area (Å²) >= 11 is 5.56. The predicted molar refractivity (Wildman–Crippen MR) is 110 cm³/mol. The Bertz CT molecular complexity index is 987. The van der Waals surface area contributed by atoms with Gasteiger partial charge in [0.1, 0.15) is 0 Å². The number of allylic oxidation sites excluding steroid dienone is 1. The van der Waals surface area contributed by atoms with Gasteiger partial charge in [0.2, 0.25) is 0 Å². The lowest BCUT2D eigenvalue weighted by Gasteiger charge is -2.38. The minimum atomic E-state index is -0.972. The molecule has 0 unspecified atom stereocenters. The minimum Gasteiger partial charge on any atom is -0.351 e. The average molecular weight is 401 g/mol. The van der Waals surface area contributed by atoms with E-state index in [2.05, 4.69) is 5.32 Å². The predicted octanol–water partition coefficient (Wildman–Crippen LogP) is 4.07. The minimum absolute atomic E-state index is 0.236. The van der Waals surface area contributed by atoms with Crippen molar-refractivity contribution >= 4 is 28.9 Å². The van der Waals surface area contributed by atoms with Crippen molar-refractivity contribution in [3.8, 4) is 0 Å². The number of carbonyl (C=O) groups is 1. The van der Waals surface area contributed by atoms with E-state index in [0.29, 0.717) is 21.9 Å². The van der Waals surface area contributed by atoms with Gasteiger partial charge in [-0.1, -0.05) is 18.2 Å². The molecule has 0 radical (unpaired) electrons. The molecule has 2 aromatic carbocycles. The third kappa shape index (κ3) is 3.62. The van der Waals surface area contributed by atoms with Crippen LogP contribution in [-0.4, -0.2) is 30.0 Å².